The summed E-state index contributed by atoms with van der Waals surface area (Å²) in [5.74, 6) is 0.384. The molecule has 2 nitrogen and oxygen atoms in total. The van der Waals surface area contributed by atoms with E-state index < -0.39 is 0 Å². The van der Waals surface area contributed by atoms with Crippen LogP contribution in [0.1, 0.15) is 44.1 Å². The van der Waals surface area contributed by atoms with Crippen LogP contribution in [0.4, 0.5) is 0 Å². The van der Waals surface area contributed by atoms with Gasteiger partial charge in [0.25, 0.3) is 0 Å². The minimum Gasteiger partial charge on any atom is -0.385 e. The quantitative estimate of drug-likeness (QED) is 0.897. The van der Waals surface area contributed by atoms with Gasteiger partial charge in [-0.3, -0.25) is 4.79 Å². The molecular formula is C17H21NO. The van der Waals surface area contributed by atoms with Crippen molar-refractivity contribution in [3.8, 4) is 0 Å². The van der Waals surface area contributed by atoms with Gasteiger partial charge in [0.1, 0.15) is 0 Å². The fourth-order valence-electron chi connectivity index (χ4n) is 3.18. The number of benzene rings is 1. The van der Waals surface area contributed by atoms with Crippen LogP contribution in [-0.4, -0.2) is 11.8 Å². The number of carbonyl (C=O) groups is 1. The number of allylic oxidation sites excluding steroid dienone is 2. The molecule has 1 aliphatic heterocycles. The third-order valence-electron chi connectivity index (χ3n) is 4.28. The highest BCUT2D eigenvalue weighted by atomic mass is 16.1. The summed E-state index contributed by atoms with van der Waals surface area (Å²) in [6.07, 6.45) is 7.23. The van der Waals surface area contributed by atoms with Crippen LogP contribution < -0.4 is 5.32 Å². The van der Waals surface area contributed by atoms with E-state index in [0.29, 0.717) is 11.8 Å². The lowest BCUT2D eigenvalue weighted by molar-refractivity contribution is -0.116. The smallest absolute Gasteiger partial charge is 0.160 e. The number of aryl methyl sites for hydroxylation is 1. The Morgan fingerprint density at radius 1 is 1.11 bits per heavy atom. The van der Waals surface area contributed by atoms with Crippen LogP contribution in [0.5, 0.6) is 0 Å². The molecule has 2 aliphatic rings. The first-order chi connectivity index (χ1) is 9.33. The summed E-state index contributed by atoms with van der Waals surface area (Å²) in [5, 5.41) is 3.61. The maximum absolute atomic E-state index is 11.8. The molecule has 0 amide bonds. The molecule has 0 aromatic heterocycles. The fraction of sp³-hybridized carbons (Fsp3) is 0.471. The van der Waals surface area contributed by atoms with Crippen LogP contribution in [0.25, 0.3) is 0 Å². The molecule has 0 fully saturated rings. The van der Waals surface area contributed by atoms with Crippen molar-refractivity contribution >= 4 is 5.78 Å². The molecule has 100 valence electrons. The maximum Gasteiger partial charge on any atom is 0.160 e. The minimum absolute atomic E-state index is 0.384. The predicted octanol–water partition coefficient (Wildman–Crippen LogP) is 3.38. The molecule has 0 saturated carbocycles. The lowest BCUT2D eigenvalue weighted by atomic mass is 9.86. The molecule has 1 atom stereocenters. The Balaban J connectivity index is 1.59. The molecule has 1 N–H and O–H groups in total. The molecule has 0 radical (unpaired) electrons. The highest BCUT2D eigenvalue weighted by molar-refractivity contribution is 5.96. The highest BCUT2D eigenvalue weighted by Crippen LogP contribution is 2.29. The second kappa shape index (κ2) is 5.60. The Kier molecular flexibility index (Phi) is 3.67. The van der Waals surface area contributed by atoms with E-state index in [1.54, 1.807) is 0 Å². The third-order valence-corrected chi connectivity index (χ3v) is 4.28. The van der Waals surface area contributed by atoms with Gasteiger partial charge in [-0.1, -0.05) is 30.3 Å². The monoisotopic (exact) mass is 255 g/mol. The second-order valence-corrected chi connectivity index (χ2v) is 5.64. The van der Waals surface area contributed by atoms with E-state index in [4.69, 9.17) is 0 Å². The zero-order valence-electron chi connectivity index (χ0n) is 11.3. The van der Waals surface area contributed by atoms with Crippen molar-refractivity contribution in [3.63, 3.8) is 0 Å². The molecule has 3 rings (SSSR count). The second-order valence-electron chi connectivity index (χ2n) is 5.64. The van der Waals surface area contributed by atoms with E-state index in [2.05, 4.69) is 35.6 Å². The third kappa shape index (κ3) is 2.89. The molecule has 1 aromatic rings. The number of hydrogen-bond donors (Lipinski definition) is 1. The molecule has 1 aliphatic carbocycles. The van der Waals surface area contributed by atoms with Crippen LogP contribution in [0.3, 0.4) is 0 Å². The van der Waals surface area contributed by atoms with Gasteiger partial charge in [0.15, 0.2) is 5.78 Å². The van der Waals surface area contributed by atoms with E-state index in [1.807, 2.05) is 0 Å². The van der Waals surface area contributed by atoms with Gasteiger partial charge >= 0.3 is 0 Å². The Hall–Kier alpha value is -1.57. The van der Waals surface area contributed by atoms with Crippen molar-refractivity contribution in [3.05, 3.63) is 47.2 Å². The average Bonchev–Trinajstić information content (AvgIpc) is 2.46. The Bertz CT molecular complexity index is 489. The first-order valence-electron chi connectivity index (χ1n) is 7.38. The van der Waals surface area contributed by atoms with Gasteiger partial charge in [0, 0.05) is 23.7 Å². The lowest BCUT2D eigenvalue weighted by Gasteiger charge is -2.31. The van der Waals surface area contributed by atoms with Crippen molar-refractivity contribution in [1.82, 2.24) is 5.32 Å². The van der Waals surface area contributed by atoms with Gasteiger partial charge in [0.2, 0.25) is 0 Å². The van der Waals surface area contributed by atoms with Crippen molar-refractivity contribution in [1.29, 1.82) is 0 Å². The van der Waals surface area contributed by atoms with Gasteiger partial charge in [-0.15, -0.1) is 0 Å². The topological polar surface area (TPSA) is 29.1 Å². The van der Waals surface area contributed by atoms with Crippen molar-refractivity contribution < 1.29 is 4.79 Å². The Morgan fingerprint density at radius 3 is 2.79 bits per heavy atom. The lowest BCUT2D eigenvalue weighted by Crippen LogP contribution is -2.36. The van der Waals surface area contributed by atoms with Crippen LogP contribution in [0.15, 0.2) is 41.6 Å². The van der Waals surface area contributed by atoms with Crippen molar-refractivity contribution in [2.75, 3.05) is 0 Å². The zero-order valence-corrected chi connectivity index (χ0v) is 11.3. The fourth-order valence-corrected chi connectivity index (χ4v) is 3.18. The first kappa shape index (κ1) is 12.5. The summed E-state index contributed by atoms with van der Waals surface area (Å²) >= 11 is 0. The molecule has 2 heteroatoms. The summed E-state index contributed by atoms with van der Waals surface area (Å²) in [5.41, 5.74) is 3.76. The maximum atomic E-state index is 11.8. The molecule has 1 heterocycles. The summed E-state index contributed by atoms with van der Waals surface area (Å²) in [7, 11) is 0. The van der Waals surface area contributed by atoms with Crippen molar-refractivity contribution in [2.45, 2.75) is 51.0 Å². The molecule has 19 heavy (non-hydrogen) atoms. The zero-order chi connectivity index (χ0) is 13.1. The average molecular weight is 255 g/mol. The Labute approximate surface area is 114 Å². The standard InChI is InChI=1S/C17H21NO/c19-17-8-4-7-16-15(17)12-11-14(18-16)10-9-13-5-2-1-3-6-13/h1-3,5-6,14,18H,4,7-12H2/t14-/m1/s1. The molecule has 0 unspecified atom stereocenters. The summed E-state index contributed by atoms with van der Waals surface area (Å²) in [6.45, 7) is 0. The van der Waals surface area contributed by atoms with Gasteiger partial charge in [-0.05, 0) is 44.1 Å². The van der Waals surface area contributed by atoms with Crippen LogP contribution in [0, 0.1) is 0 Å². The van der Waals surface area contributed by atoms with Gasteiger partial charge < -0.3 is 5.32 Å². The van der Waals surface area contributed by atoms with E-state index in [1.165, 1.54) is 11.3 Å². The van der Waals surface area contributed by atoms with E-state index in [0.717, 1.165) is 50.5 Å². The van der Waals surface area contributed by atoms with Crippen molar-refractivity contribution in [2.24, 2.45) is 0 Å². The molecule has 1 aromatic carbocycles. The molecule has 0 saturated heterocycles. The van der Waals surface area contributed by atoms with E-state index in [-0.39, 0.29) is 0 Å². The first-order valence-corrected chi connectivity index (χ1v) is 7.38. The van der Waals surface area contributed by atoms with Gasteiger partial charge in [-0.2, -0.15) is 0 Å². The number of Topliss-reactive ketones (excluding diaryl/α,β-unsaturated/α-hetero) is 1. The number of hydrogen-bond acceptors (Lipinski definition) is 2. The number of carbonyl (C=O) groups excluding carboxylic acids is 1. The molecular weight excluding hydrogens is 234 g/mol. The van der Waals surface area contributed by atoms with Gasteiger partial charge in [-0.25, -0.2) is 0 Å². The predicted molar refractivity (Wildman–Crippen MR) is 76.8 cm³/mol. The number of rotatable bonds is 3. The Morgan fingerprint density at radius 2 is 1.95 bits per heavy atom. The summed E-state index contributed by atoms with van der Waals surface area (Å²) in [6, 6.07) is 11.2. The van der Waals surface area contributed by atoms with E-state index in [9.17, 15) is 4.79 Å². The van der Waals surface area contributed by atoms with Crippen LogP contribution in [0.2, 0.25) is 0 Å². The molecule has 0 spiro atoms. The largest absolute Gasteiger partial charge is 0.385 e. The highest BCUT2D eigenvalue weighted by Gasteiger charge is 2.26. The normalized spacial score (nSPS) is 22.9. The number of ketones is 1. The minimum atomic E-state index is 0.384. The van der Waals surface area contributed by atoms with Crippen LogP contribution >= 0.6 is 0 Å². The van der Waals surface area contributed by atoms with Crippen LogP contribution in [-0.2, 0) is 11.2 Å². The van der Waals surface area contributed by atoms with E-state index >= 15 is 0 Å². The van der Waals surface area contributed by atoms with Gasteiger partial charge in [0.05, 0.1) is 0 Å². The summed E-state index contributed by atoms with van der Waals surface area (Å²) < 4.78 is 0. The number of nitrogens with one attached hydrogen (secondary N) is 1. The molecule has 0 bridgehead atoms. The summed E-state index contributed by atoms with van der Waals surface area (Å²) in [4.78, 5) is 11.8. The SMILES string of the molecule is O=C1CCCC2=C1CC[C@@H](CCc1ccccc1)N2.